The van der Waals surface area contributed by atoms with Gasteiger partial charge in [0.1, 0.15) is 11.6 Å². The summed E-state index contributed by atoms with van der Waals surface area (Å²) in [7, 11) is 3.15. The number of halogens is 3. The van der Waals surface area contributed by atoms with E-state index in [0.717, 1.165) is 67.2 Å². The molecule has 0 saturated carbocycles. The lowest BCUT2D eigenvalue weighted by Crippen LogP contribution is -2.50. The van der Waals surface area contributed by atoms with Crippen molar-refractivity contribution in [3.8, 4) is 22.6 Å². The summed E-state index contributed by atoms with van der Waals surface area (Å²) in [5.41, 5.74) is 8.04. The molecule has 0 aliphatic carbocycles. The van der Waals surface area contributed by atoms with Crippen molar-refractivity contribution < 1.29 is 37.4 Å². The molecule has 16 heteroatoms. The number of rotatable bonds is 16. The molecule has 0 bridgehead atoms. The molecule has 65 heavy (non-hydrogen) atoms. The fourth-order valence-corrected chi connectivity index (χ4v) is 10.0. The molecule has 0 radical (unpaired) electrons. The molecule has 5 aromatic rings. The summed E-state index contributed by atoms with van der Waals surface area (Å²) >= 11 is 6.67. The number of unbranched alkanes of at least 4 members (excludes halogenated alkanes) is 3. The SMILES string of the molecule is COc1ccc(C(N)=O)c(-c2c(Cl)c(F)cc3c2[C@H](C)[C@@](CNC2CCN(C(=O)CCCCCCNc4ccc5c(C6CCC(=O)NC6=O)nn(C)c5c4)CC2)(c2ccccc2)O3)c1F. The second-order valence-electron chi connectivity index (χ2n) is 17.3. The van der Waals surface area contributed by atoms with Crippen LogP contribution in [0, 0.1) is 11.6 Å². The molecule has 4 aromatic carbocycles. The second kappa shape index (κ2) is 19.2. The quantitative estimate of drug-likeness (QED) is 0.0570. The van der Waals surface area contributed by atoms with E-state index in [9.17, 15) is 19.2 Å². The lowest BCUT2D eigenvalue weighted by molar-refractivity contribution is -0.134. The molecule has 0 spiro atoms. The van der Waals surface area contributed by atoms with Crippen molar-refractivity contribution >= 4 is 51.8 Å². The largest absolute Gasteiger partial charge is 0.494 e. The molecular weight excluding hydrogens is 856 g/mol. The maximum Gasteiger partial charge on any atom is 0.249 e. The Morgan fingerprint density at radius 2 is 1.75 bits per heavy atom. The predicted octanol–water partition coefficient (Wildman–Crippen LogP) is 7.83. The Kier molecular flexibility index (Phi) is 13.4. The van der Waals surface area contributed by atoms with Crippen molar-refractivity contribution in [2.45, 2.75) is 88.2 Å². The fraction of sp³-hybridized carbons (Fsp3) is 0.408. The Balaban J connectivity index is 0.834. The lowest BCUT2D eigenvalue weighted by atomic mass is 9.77. The number of methoxy groups -OCH3 is 1. The van der Waals surface area contributed by atoms with Crippen LogP contribution in [0.5, 0.6) is 11.5 Å². The number of aryl methyl sites for hydroxylation is 1. The highest BCUT2D eigenvalue weighted by molar-refractivity contribution is 6.34. The summed E-state index contributed by atoms with van der Waals surface area (Å²) in [6.45, 7) is 4.24. The van der Waals surface area contributed by atoms with Crippen molar-refractivity contribution in [2.75, 3.05) is 38.6 Å². The minimum atomic E-state index is -1.07. The number of fused-ring (bicyclic) bond motifs is 2. The highest BCUT2D eigenvalue weighted by Crippen LogP contribution is 2.56. The molecular formula is C49H54ClF2N7O6. The van der Waals surface area contributed by atoms with Crippen molar-refractivity contribution in [1.82, 2.24) is 25.3 Å². The highest BCUT2D eigenvalue weighted by atomic mass is 35.5. The molecule has 3 aliphatic heterocycles. The Morgan fingerprint density at radius 1 is 1.00 bits per heavy atom. The molecule has 1 unspecified atom stereocenters. The van der Waals surface area contributed by atoms with Crippen LogP contribution >= 0.6 is 11.6 Å². The molecule has 8 rings (SSSR count). The summed E-state index contributed by atoms with van der Waals surface area (Å²) in [4.78, 5) is 52.0. The smallest absolute Gasteiger partial charge is 0.249 e. The molecule has 4 heterocycles. The predicted molar refractivity (Wildman–Crippen MR) is 244 cm³/mol. The number of hydrogen-bond donors (Lipinski definition) is 4. The number of imide groups is 1. The molecule has 2 saturated heterocycles. The molecule has 2 fully saturated rings. The van der Waals surface area contributed by atoms with Crippen LogP contribution in [-0.4, -0.2) is 77.6 Å². The number of amides is 4. The van der Waals surface area contributed by atoms with Crippen LogP contribution in [0.25, 0.3) is 22.0 Å². The van der Waals surface area contributed by atoms with Gasteiger partial charge in [-0.2, -0.15) is 5.10 Å². The number of nitrogens with two attached hydrogens (primary N) is 1. The van der Waals surface area contributed by atoms with Gasteiger partial charge in [-0.15, -0.1) is 0 Å². The van der Waals surface area contributed by atoms with E-state index in [2.05, 4.69) is 21.0 Å². The van der Waals surface area contributed by atoms with E-state index in [1.165, 1.54) is 25.3 Å². The van der Waals surface area contributed by atoms with E-state index >= 15 is 8.78 Å². The third-order valence-corrected chi connectivity index (χ3v) is 13.7. The first kappa shape index (κ1) is 45.5. The number of hydrogen-bond acceptors (Lipinski definition) is 9. The number of carbonyl (C=O) groups is 4. The zero-order valence-electron chi connectivity index (χ0n) is 36.8. The van der Waals surface area contributed by atoms with Crippen molar-refractivity contribution in [2.24, 2.45) is 12.8 Å². The maximum absolute atomic E-state index is 16.2. The zero-order chi connectivity index (χ0) is 46.0. The molecule has 1 aromatic heterocycles. The molecule has 3 aliphatic rings. The van der Waals surface area contributed by atoms with Gasteiger partial charge < -0.3 is 30.7 Å². The Bertz CT molecular complexity index is 2640. The van der Waals surface area contributed by atoms with Crippen LogP contribution in [-0.2, 0) is 27.0 Å². The molecule has 4 amide bonds. The fourth-order valence-electron chi connectivity index (χ4n) is 9.76. The van der Waals surface area contributed by atoms with E-state index in [0.29, 0.717) is 50.2 Å². The molecule has 3 atom stereocenters. The number of ether oxygens (including phenoxy) is 2. The third kappa shape index (κ3) is 9.00. The van der Waals surface area contributed by atoms with Gasteiger partial charge >= 0.3 is 0 Å². The first-order valence-corrected chi connectivity index (χ1v) is 22.7. The number of carbonyl (C=O) groups excluding carboxylic acids is 4. The van der Waals surface area contributed by atoms with Crippen LogP contribution < -0.4 is 31.2 Å². The second-order valence-corrected chi connectivity index (χ2v) is 17.7. The minimum Gasteiger partial charge on any atom is -0.494 e. The first-order chi connectivity index (χ1) is 31.3. The molecule has 13 nitrogen and oxygen atoms in total. The van der Waals surface area contributed by atoms with Gasteiger partial charge in [-0.25, -0.2) is 8.78 Å². The highest BCUT2D eigenvalue weighted by Gasteiger charge is 2.50. The number of benzene rings is 4. The number of nitrogens with one attached hydrogen (secondary N) is 3. The topological polar surface area (TPSA) is 170 Å². The normalized spacial score (nSPS) is 19.8. The van der Waals surface area contributed by atoms with E-state index in [1.807, 2.05) is 67.4 Å². The van der Waals surface area contributed by atoms with Crippen LogP contribution in [0.1, 0.15) is 104 Å². The number of anilines is 1. The Hall–Kier alpha value is -6.06. The summed E-state index contributed by atoms with van der Waals surface area (Å²) in [6, 6.07) is 19.5. The van der Waals surface area contributed by atoms with E-state index in [4.69, 9.17) is 26.8 Å². The van der Waals surface area contributed by atoms with E-state index in [-0.39, 0.29) is 57.0 Å². The van der Waals surface area contributed by atoms with Gasteiger partial charge in [0.2, 0.25) is 23.6 Å². The zero-order valence-corrected chi connectivity index (χ0v) is 37.5. The number of nitrogens with zero attached hydrogens (tertiary/aromatic N) is 3. The van der Waals surface area contributed by atoms with Crippen molar-refractivity contribution in [3.05, 3.63) is 106 Å². The first-order valence-electron chi connectivity index (χ1n) is 22.3. The van der Waals surface area contributed by atoms with Crippen molar-refractivity contribution in [3.63, 3.8) is 0 Å². The van der Waals surface area contributed by atoms with E-state index < -0.39 is 35.0 Å². The van der Waals surface area contributed by atoms with E-state index in [1.54, 1.807) is 4.68 Å². The van der Waals surface area contributed by atoms with Gasteiger partial charge in [0, 0.05) is 91.9 Å². The monoisotopic (exact) mass is 909 g/mol. The summed E-state index contributed by atoms with van der Waals surface area (Å²) < 4.78 is 45.6. The maximum atomic E-state index is 16.2. The number of aromatic nitrogens is 2. The average molecular weight is 910 g/mol. The summed E-state index contributed by atoms with van der Waals surface area (Å²) in [6.07, 6.45) is 6.39. The Labute approximate surface area is 381 Å². The van der Waals surface area contributed by atoms with Gasteiger partial charge in [-0.05, 0) is 68.0 Å². The Morgan fingerprint density at radius 3 is 2.48 bits per heavy atom. The van der Waals surface area contributed by atoms with Gasteiger partial charge in [0.15, 0.2) is 17.2 Å². The number of piperidine rings is 2. The number of likely N-dealkylation sites (tertiary alicyclic amines) is 1. The molecule has 342 valence electrons. The molecule has 5 N–H and O–H groups in total. The van der Waals surface area contributed by atoms with Crippen molar-refractivity contribution in [1.29, 1.82) is 0 Å². The minimum absolute atomic E-state index is 0.00996. The lowest BCUT2D eigenvalue weighted by Gasteiger charge is -2.38. The standard InChI is InChI=1S/C49H54ClF2N7O6/c1-28-41-38(26-35(51)44(50)43(41)42-33(47(53)62)16-18-37(64-3)45(42)52)65-49(28,29-11-7-6-8-12-29)27-55-30-20-23-59(24-21-30)40(61)13-9-4-5-10-22-54-31-14-15-32-36(25-31)58(2)57-46(32)34-17-19-39(60)56-48(34)63/h6-8,11-12,14-16,18,25-26,28,30,34,54-55H,4-5,9-10,13,17,19-24,27H2,1-3H3,(H2,53,62)(H,56,60,63)/t28-,34?,49-/m0/s1. The van der Waals surface area contributed by atoms with Crippen LogP contribution in [0.2, 0.25) is 5.02 Å². The summed E-state index contributed by atoms with van der Waals surface area (Å²) in [5, 5.41) is 14.8. The van der Waals surface area contributed by atoms with Crippen LogP contribution in [0.4, 0.5) is 14.5 Å². The van der Waals surface area contributed by atoms with Gasteiger partial charge in [0.05, 0.1) is 34.8 Å². The van der Waals surface area contributed by atoms with Crippen LogP contribution in [0.3, 0.4) is 0 Å². The van der Waals surface area contributed by atoms with Gasteiger partial charge in [0.25, 0.3) is 0 Å². The van der Waals surface area contributed by atoms with Crippen LogP contribution in [0.15, 0.2) is 66.7 Å². The third-order valence-electron chi connectivity index (χ3n) is 13.3. The van der Waals surface area contributed by atoms with Gasteiger partial charge in [-0.1, -0.05) is 61.7 Å². The number of primary amides is 1. The average Bonchev–Trinajstić information content (AvgIpc) is 3.78. The van der Waals surface area contributed by atoms with Gasteiger partial charge in [-0.3, -0.25) is 29.2 Å². The summed E-state index contributed by atoms with van der Waals surface area (Å²) in [5.74, 6) is -3.96.